The number of non-ortho nitro benzene ring substituents is 1. The zero-order valence-corrected chi connectivity index (χ0v) is 15.1. The second-order valence-corrected chi connectivity index (χ2v) is 5.92. The fourth-order valence-corrected chi connectivity index (χ4v) is 2.69. The van der Waals surface area contributed by atoms with Gasteiger partial charge in [-0.3, -0.25) is 25.7 Å². The largest absolute Gasteiger partial charge is 0.301 e. The van der Waals surface area contributed by atoms with Crippen molar-refractivity contribution in [2.75, 3.05) is 5.43 Å². The van der Waals surface area contributed by atoms with E-state index in [1.54, 1.807) is 6.08 Å². The Morgan fingerprint density at radius 2 is 1.41 bits per heavy atom. The van der Waals surface area contributed by atoms with Crippen LogP contribution in [-0.2, 0) is 0 Å². The number of anilines is 1. The minimum atomic E-state index is -0.694. The van der Waals surface area contributed by atoms with Crippen molar-refractivity contribution >= 4 is 28.8 Å². The topological polar surface area (TPSA) is 111 Å². The van der Waals surface area contributed by atoms with E-state index < -0.39 is 15.5 Å². The van der Waals surface area contributed by atoms with Gasteiger partial charge in [-0.1, -0.05) is 60.7 Å². The molecule has 8 heteroatoms. The van der Waals surface area contributed by atoms with Gasteiger partial charge in [0.2, 0.25) is 0 Å². The molecule has 0 atom stereocenters. The number of nitro benzene ring substituents is 2. The maximum Gasteiger partial charge on any atom is 0.301 e. The summed E-state index contributed by atoms with van der Waals surface area (Å²) in [5, 5.41) is 26.0. The van der Waals surface area contributed by atoms with Gasteiger partial charge in [-0.15, -0.1) is 0 Å². The standard InChI is InChI=1S/C21H16N4O4/c26-24(27)18-11-12-20(21(15-18)25(28)29)23-22-14-13-19(16-7-3-1-4-8-16)17-9-5-2-6-10-17/h1-15,23H. The highest BCUT2D eigenvalue weighted by molar-refractivity contribution is 5.91. The lowest BCUT2D eigenvalue weighted by molar-refractivity contribution is -0.393. The van der Waals surface area contributed by atoms with E-state index in [0.29, 0.717) is 0 Å². The molecule has 0 aliphatic carbocycles. The summed E-state index contributed by atoms with van der Waals surface area (Å²) in [5.41, 5.74) is 4.77. The molecule has 0 fully saturated rings. The molecule has 0 saturated carbocycles. The number of benzene rings is 3. The van der Waals surface area contributed by atoms with Crippen LogP contribution in [-0.4, -0.2) is 16.1 Å². The van der Waals surface area contributed by atoms with Crippen molar-refractivity contribution in [2.24, 2.45) is 5.10 Å². The Morgan fingerprint density at radius 3 is 1.93 bits per heavy atom. The molecule has 8 nitrogen and oxygen atoms in total. The molecule has 3 aromatic carbocycles. The molecule has 0 radical (unpaired) electrons. The van der Waals surface area contributed by atoms with E-state index in [1.807, 2.05) is 60.7 Å². The summed E-state index contributed by atoms with van der Waals surface area (Å²) in [5.74, 6) is 0. The third-order valence-corrected chi connectivity index (χ3v) is 4.06. The number of hydrogen-bond acceptors (Lipinski definition) is 6. The van der Waals surface area contributed by atoms with Gasteiger partial charge >= 0.3 is 5.69 Å². The highest BCUT2D eigenvalue weighted by Crippen LogP contribution is 2.29. The lowest BCUT2D eigenvalue weighted by Gasteiger charge is -2.07. The zero-order valence-electron chi connectivity index (χ0n) is 15.1. The van der Waals surface area contributed by atoms with Crippen molar-refractivity contribution in [3.8, 4) is 0 Å². The van der Waals surface area contributed by atoms with Gasteiger partial charge in [0, 0.05) is 12.3 Å². The summed E-state index contributed by atoms with van der Waals surface area (Å²) < 4.78 is 0. The lowest BCUT2D eigenvalue weighted by Crippen LogP contribution is -1.98. The first-order valence-electron chi connectivity index (χ1n) is 8.59. The van der Waals surface area contributed by atoms with Gasteiger partial charge in [0.1, 0.15) is 5.69 Å². The van der Waals surface area contributed by atoms with Crippen LogP contribution in [0.25, 0.3) is 5.57 Å². The molecule has 144 valence electrons. The Balaban J connectivity index is 1.87. The van der Waals surface area contributed by atoms with Crippen LogP contribution in [0.4, 0.5) is 17.1 Å². The van der Waals surface area contributed by atoms with E-state index in [1.165, 1.54) is 18.3 Å². The summed E-state index contributed by atoms with van der Waals surface area (Å²) in [6.45, 7) is 0. The van der Waals surface area contributed by atoms with Crippen LogP contribution in [0.3, 0.4) is 0 Å². The molecule has 0 bridgehead atoms. The number of nitro groups is 2. The molecule has 0 amide bonds. The quantitative estimate of drug-likeness (QED) is 0.346. The number of hydrazone groups is 1. The molecule has 0 heterocycles. The highest BCUT2D eigenvalue weighted by atomic mass is 16.6. The maximum atomic E-state index is 11.2. The smallest absolute Gasteiger partial charge is 0.272 e. The van der Waals surface area contributed by atoms with Gasteiger partial charge in [0.05, 0.1) is 15.9 Å². The molecule has 0 saturated heterocycles. The van der Waals surface area contributed by atoms with Gasteiger partial charge in [0.25, 0.3) is 5.69 Å². The van der Waals surface area contributed by atoms with E-state index in [-0.39, 0.29) is 11.4 Å². The van der Waals surface area contributed by atoms with E-state index >= 15 is 0 Å². The first-order valence-corrected chi connectivity index (χ1v) is 8.59. The fourth-order valence-electron chi connectivity index (χ4n) is 2.69. The third-order valence-electron chi connectivity index (χ3n) is 4.06. The SMILES string of the molecule is O=[N+]([O-])c1ccc(NN=CC=C(c2ccccc2)c2ccccc2)c([N+](=O)[O-])c1. The van der Waals surface area contributed by atoms with Crippen molar-refractivity contribution in [3.63, 3.8) is 0 Å². The molecular formula is C21H16N4O4. The van der Waals surface area contributed by atoms with E-state index in [9.17, 15) is 20.2 Å². The minimum absolute atomic E-state index is 0.0613. The van der Waals surface area contributed by atoms with Crippen LogP contribution < -0.4 is 5.43 Å². The number of allylic oxidation sites excluding steroid dienone is 1. The highest BCUT2D eigenvalue weighted by Gasteiger charge is 2.19. The van der Waals surface area contributed by atoms with Gasteiger partial charge in [-0.2, -0.15) is 5.10 Å². The minimum Gasteiger partial charge on any atom is -0.272 e. The van der Waals surface area contributed by atoms with Crippen LogP contribution in [0, 0.1) is 20.2 Å². The second kappa shape index (κ2) is 9.05. The van der Waals surface area contributed by atoms with Crippen LogP contribution in [0.15, 0.2) is 90.0 Å². The molecule has 0 spiro atoms. The molecule has 1 N–H and O–H groups in total. The maximum absolute atomic E-state index is 11.2. The average Bonchev–Trinajstić information content (AvgIpc) is 2.74. The van der Waals surface area contributed by atoms with Crippen molar-refractivity contribution in [1.82, 2.24) is 0 Å². The molecule has 3 rings (SSSR count). The summed E-state index contributed by atoms with van der Waals surface area (Å²) in [6, 6.07) is 22.8. The predicted octanol–water partition coefficient (Wildman–Crippen LogP) is 5.03. The Bertz CT molecular complexity index is 1040. The van der Waals surface area contributed by atoms with Crippen LogP contribution in [0.1, 0.15) is 11.1 Å². The van der Waals surface area contributed by atoms with Crippen molar-refractivity contribution in [3.05, 3.63) is 116 Å². The monoisotopic (exact) mass is 388 g/mol. The van der Waals surface area contributed by atoms with E-state index in [4.69, 9.17) is 0 Å². The molecule has 0 aromatic heterocycles. The molecule has 29 heavy (non-hydrogen) atoms. The molecular weight excluding hydrogens is 372 g/mol. The van der Waals surface area contributed by atoms with Gasteiger partial charge in [-0.25, -0.2) is 0 Å². The molecule has 0 unspecified atom stereocenters. The first-order chi connectivity index (χ1) is 14.1. The number of rotatable bonds is 7. The lowest BCUT2D eigenvalue weighted by atomic mass is 9.98. The van der Waals surface area contributed by atoms with E-state index in [0.717, 1.165) is 22.8 Å². The van der Waals surface area contributed by atoms with Crippen molar-refractivity contribution in [2.45, 2.75) is 0 Å². The van der Waals surface area contributed by atoms with Gasteiger partial charge < -0.3 is 0 Å². The number of nitrogens with zero attached hydrogens (tertiary/aromatic N) is 3. The average molecular weight is 388 g/mol. The Hall–Kier alpha value is -4.33. The Labute approximate surface area is 166 Å². The second-order valence-electron chi connectivity index (χ2n) is 5.92. The molecule has 0 aliphatic rings. The van der Waals surface area contributed by atoms with Crippen molar-refractivity contribution < 1.29 is 9.85 Å². The predicted molar refractivity (Wildman–Crippen MR) is 112 cm³/mol. The van der Waals surface area contributed by atoms with Crippen LogP contribution in [0.2, 0.25) is 0 Å². The van der Waals surface area contributed by atoms with Gasteiger partial charge in [0.15, 0.2) is 0 Å². The van der Waals surface area contributed by atoms with Crippen LogP contribution >= 0.6 is 0 Å². The summed E-state index contributed by atoms with van der Waals surface area (Å²) >= 11 is 0. The first kappa shape index (κ1) is 19.4. The van der Waals surface area contributed by atoms with E-state index in [2.05, 4.69) is 10.5 Å². The summed E-state index contributed by atoms with van der Waals surface area (Å²) in [4.78, 5) is 20.6. The summed E-state index contributed by atoms with van der Waals surface area (Å²) in [7, 11) is 0. The zero-order chi connectivity index (χ0) is 20.6. The number of hydrogen-bond donors (Lipinski definition) is 1. The fraction of sp³-hybridized carbons (Fsp3) is 0. The normalized spacial score (nSPS) is 10.5. The van der Waals surface area contributed by atoms with Crippen LogP contribution in [0.5, 0.6) is 0 Å². The molecule has 0 aliphatic heterocycles. The van der Waals surface area contributed by atoms with Gasteiger partial charge in [-0.05, 0) is 28.8 Å². The number of nitrogens with one attached hydrogen (secondary N) is 1. The Morgan fingerprint density at radius 1 is 0.828 bits per heavy atom. The summed E-state index contributed by atoms with van der Waals surface area (Å²) in [6.07, 6.45) is 3.27. The Kier molecular flexibility index (Phi) is 6.06. The third kappa shape index (κ3) is 4.89. The van der Waals surface area contributed by atoms with Crippen molar-refractivity contribution in [1.29, 1.82) is 0 Å². The molecule has 3 aromatic rings.